The quantitative estimate of drug-likeness (QED) is 0.804. The van der Waals surface area contributed by atoms with Gasteiger partial charge in [0.05, 0.1) is 23.6 Å². The van der Waals surface area contributed by atoms with Gasteiger partial charge in [0.15, 0.2) is 0 Å². The molecule has 25 heavy (non-hydrogen) atoms. The minimum atomic E-state index is -0.349. The molecule has 0 radical (unpaired) electrons. The van der Waals surface area contributed by atoms with Crippen LogP contribution in [0, 0.1) is 6.92 Å². The van der Waals surface area contributed by atoms with Crippen LogP contribution in [0.1, 0.15) is 49.2 Å². The fraction of sp³-hybridized carbons (Fsp3) is 0.389. The molecule has 1 aliphatic carbocycles. The third-order valence-corrected chi connectivity index (χ3v) is 5.17. The molecule has 0 atom stereocenters. The van der Waals surface area contributed by atoms with Gasteiger partial charge < -0.3 is 10.6 Å². The highest BCUT2D eigenvalue weighted by molar-refractivity contribution is 7.10. The largest absolute Gasteiger partial charge is 0.322 e. The van der Waals surface area contributed by atoms with E-state index in [0.29, 0.717) is 11.7 Å². The van der Waals surface area contributed by atoms with Gasteiger partial charge in [-0.05, 0) is 37.3 Å². The molecule has 1 aliphatic rings. The van der Waals surface area contributed by atoms with Crippen LogP contribution in [0.25, 0.3) is 6.08 Å². The molecule has 2 amide bonds. The van der Waals surface area contributed by atoms with E-state index >= 15 is 0 Å². The maximum atomic E-state index is 12.6. The second-order valence-corrected chi connectivity index (χ2v) is 7.21. The first-order valence-electron chi connectivity index (χ1n) is 8.43. The predicted octanol–water partition coefficient (Wildman–Crippen LogP) is 3.48. The van der Waals surface area contributed by atoms with Gasteiger partial charge in [-0.25, -0.2) is 0 Å². The van der Waals surface area contributed by atoms with Crippen LogP contribution in [0.5, 0.6) is 0 Å². The molecule has 132 valence electrons. The van der Waals surface area contributed by atoms with Crippen LogP contribution < -0.4 is 10.6 Å². The summed E-state index contributed by atoms with van der Waals surface area (Å²) in [4.78, 5) is 25.0. The summed E-state index contributed by atoms with van der Waals surface area (Å²) in [6, 6.07) is 4.21. The molecular formula is C18H22N4O2S. The van der Waals surface area contributed by atoms with Crippen LogP contribution in [0.4, 0.5) is 5.69 Å². The average molecular weight is 358 g/mol. The van der Waals surface area contributed by atoms with Crippen molar-refractivity contribution in [3.8, 4) is 0 Å². The van der Waals surface area contributed by atoms with Gasteiger partial charge in [0.1, 0.15) is 5.70 Å². The Balaban J connectivity index is 1.78. The normalized spacial score (nSPS) is 15.4. The van der Waals surface area contributed by atoms with E-state index in [-0.39, 0.29) is 17.5 Å². The molecule has 1 saturated carbocycles. The van der Waals surface area contributed by atoms with E-state index in [0.717, 1.165) is 23.4 Å². The van der Waals surface area contributed by atoms with Crippen molar-refractivity contribution >= 4 is 34.9 Å². The van der Waals surface area contributed by atoms with E-state index in [1.165, 1.54) is 31.1 Å². The molecule has 0 bridgehead atoms. The molecule has 2 aromatic heterocycles. The Labute approximate surface area is 150 Å². The molecule has 2 N–H and O–H groups in total. The molecule has 0 unspecified atom stereocenters. The molecule has 0 saturated heterocycles. The van der Waals surface area contributed by atoms with Crippen molar-refractivity contribution in [3.05, 3.63) is 40.0 Å². The van der Waals surface area contributed by atoms with E-state index in [1.54, 1.807) is 12.3 Å². The first-order valence-corrected chi connectivity index (χ1v) is 9.31. The zero-order valence-electron chi connectivity index (χ0n) is 14.4. The van der Waals surface area contributed by atoms with Crippen molar-refractivity contribution in [2.75, 3.05) is 5.32 Å². The SMILES string of the molecule is CC(=O)N/C(=C\c1cccs1)C(=O)Nc1cnn(C2CCCC2)c1C. The van der Waals surface area contributed by atoms with Gasteiger partial charge in [-0.3, -0.25) is 14.3 Å². The van der Waals surface area contributed by atoms with E-state index in [9.17, 15) is 9.59 Å². The Bertz CT molecular complexity index is 786. The third-order valence-electron chi connectivity index (χ3n) is 4.35. The van der Waals surface area contributed by atoms with Crippen molar-refractivity contribution in [1.82, 2.24) is 15.1 Å². The van der Waals surface area contributed by atoms with Crippen LogP contribution >= 0.6 is 11.3 Å². The molecule has 1 fully saturated rings. The van der Waals surface area contributed by atoms with Crippen molar-refractivity contribution in [3.63, 3.8) is 0 Å². The van der Waals surface area contributed by atoms with E-state index in [4.69, 9.17) is 0 Å². The number of aromatic nitrogens is 2. The van der Waals surface area contributed by atoms with Gasteiger partial charge in [0.2, 0.25) is 5.91 Å². The van der Waals surface area contributed by atoms with Gasteiger partial charge in [-0.2, -0.15) is 5.10 Å². The molecular weight excluding hydrogens is 336 g/mol. The van der Waals surface area contributed by atoms with Crippen molar-refractivity contribution in [2.45, 2.75) is 45.6 Å². The summed E-state index contributed by atoms with van der Waals surface area (Å²) in [7, 11) is 0. The maximum Gasteiger partial charge on any atom is 0.272 e. The highest BCUT2D eigenvalue weighted by atomic mass is 32.1. The molecule has 3 rings (SSSR count). The van der Waals surface area contributed by atoms with Gasteiger partial charge in [0.25, 0.3) is 5.91 Å². The maximum absolute atomic E-state index is 12.6. The highest BCUT2D eigenvalue weighted by Crippen LogP contribution is 2.31. The summed E-state index contributed by atoms with van der Waals surface area (Å²) >= 11 is 1.50. The summed E-state index contributed by atoms with van der Waals surface area (Å²) in [5.41, 5.74) is 1.85. The first-order chi connectivity index (χ1) is 12.0. The molecule has 0 spiro atoms. The van der Waals surface area contributed by atoms with Crippen molar-refractivity contribution in [2.24, 2.45) is 0 Å². The number of rotatable bonds is 5. The lowest BCUT2D eigenvalue weighted by Crippen LogP contribution is -2.29. The van der Waals surface area contributed by atoms with Gasteiger partial charge in [-0.1, -0.05) is 18.9 Å². The van der Waals surface area contributed by atoms with Crippen molar-refractivity contribution in [1.29, 1.82) is 0 Å². The molecule has 6 nitrogen and oxygen atoms in total. The first kappa shape index (κ1) is 17.4. The number of hydrogen-bond donors (Lipinski definition) is 2. The van der Waals surface area contributed by atoms with E-state index < -0.39 is 0 Å². The Morgan fingerprint density at radius 3 is 2.76 bits per heavy atom. The van der Waals surface area contributed by atoms with Crippen LogP contribution in [0.2, 0.25) is 0 Å². The summed E-state index contributed by atoms with van der Waals surface area (Å²) in [5, 5.41) is 11.8. The minimum Gasteiger partial charge on any atom is -0.322 e. The minimum absolute atomic E-state index is 0.225. The smallest absolute Gasteiger partial charge is 0.272 e. The van der Waals surface area contributed by atoms with Crippen LogP contribution in [0.3, 0.4) is 0 Å². The number of nitrogens with zero attached hydrogens (tertiary/aromatic N) is 2. The topological polar surface area (TPSA) is 76.0 Å². The van der Waals surface area contributed by atoms with Gasteiger partial charge >= 0.3 is 0 Å². The second-order valence-electron chi connectivity index (χ2n) is 6.24. The van der Waals surface area contributed by atoms with Crippen molar-refractivity contribution < 1.29 is 9.59 Å². The lowest BCUT2D eigenvalue weighted by atomic mass is 10.2. The summed E-state index contributed by atoms with van der Waals surface area (Å²) in [5.74, 6) is -0.631. The summed E-state index contributed by atoms with van der Waals surface area (Å²) in [6.45, 7) is 3.35. The standard InChI is InChI=1S/C18H22N4O2S/c1-12-17(11-19-22(12)14-6-3-4-7-14)21-18(24)16(20-13(2)23)10-15-8-5-9-25-15/h5,8-11,14H,3-4,6-7H2,1-2H3,(H,20,23)(H,21,24)/b16-10-. The van der Waals surface area contributed by atoms with E-state index in [2.05, 4.69) is 15.7 Å². The van der Waals surface area contributed by atoms with Crippen LogP contribution in [0.15, 0.2) is 29.4 Å². The predicted molar refractivity (Wildman–Crippen MR) is 99.2 cm³/mol. The number of carbonyl (C=O) groups excluding carboxylic acids is 2. The Kier molecular flexibility index (Phi) is 5.33. The molecule has 2 aromatic rings. The van der Waals surface area contributed by atoms with Crippen LogP contribution in [-0.2, 0) is 9.59 Å². The number of hydrogen-bond acceptors (Lipinski definition) is 4. The monoisotopic (exact) mass is 358 g/mol. The summed E-state index contributed by atoms with van der Waals surface area (Å²) < 4.78 is 2.00. The molecule has 2 heterocycles. The lowest BCUT2D eigenvalue weighted by molar-refractivity contribution is -0.120. The third kappa shape index (κ3) is 4.17. The van der Waals surface area contributed by atoms with Gasteiger partial charge in [-0.15, -0.1) is 11.3 Å². The zero-order chi connectivity index (χ0) is 17.8. The zero-order valence-corrected chi connectivity index (χ0v) is 15.2. The number of carbonyl (C=O) groups is 2. The number of anilines is 1. The fourth-order valence-electron chi connectivity index (χ4n) is 3.12. The lowest BCUT2D eigenvalue weighted by Gasteiger charge is -2.13. The fourth-order valence-corrected chi connectivity index (χ4v) is 3.77. The number of nitrogens with one attached hydrogen (secondary N) is 2. The molecule has 0 aromatic carbocycles. The average Bonchev–Trinajstić information content (AvgIpc) is 3.29. The summed E-state index contributed by atoms with van der Waals surface area (Å²) in [6.07, 6.45) is 8.07. The highest BCUT2D eigenvalue weighted by Gasteiger charge is 2.21. The molecule has 0 aliphatic heterocycles. The number of amides is 2. The Morgan fingerprint density at radius 1 is 1.36 bits per heavy atom. The van der Waals surface area contributed by atoms with E-state index in [1.807, 2.05) is 29.1 Å². The molecule has 7 heteroatoms. The second kappa shape index (κ2) is 7.65. The Hall–Kier alpha value is -2.41. The number of thiophene rings is 1. The van der Waals surface area contributed by atoms with Crippen LogP contribution in [-0.4, -0.2) is 21.6 Å². The Morgan fingerprint density at radius 2 is 2.12 bits per heavy atom. The van der Waals surface area contributed by atoms with Gasteiger partial charge in [0, 0.05) is 11.8 Å².